The number of anilines is 2. The first-order valence-corrected chi connectivity index (χ1v) is 14.2. The van der Waals surface area contributed by atoms with Gasteiger partial charge < -0.3 is 25.2 Å². The molecule has 4 unspecified atom stereocenters. The molecule has 1 amide bonds. The molecule has 3 heterocycles. The fraction of sp³-hybridized carbons (Fsp3) is 0.581. The second kappa shape index (κ2) is 12.6. The van der Waals surface area contributed by atoms with Gasteiger partial charge in [0.25, 0.3) is 5.91 Å². The Labute approximate surface area is 252 Å². The largest absolute Gasteiger partial charge is 0.381 e. The number of hydrogen-bond acceptors (Lipinski definition) is 7. The molecular formula is C31H42F2N6O2. The lowest BCUT2D eigenvalue weighted by atomic mass is 9.75. The summed E-state index contributed by atoms with van der Waals surface area (Å²) in [6.07, 6.45) is 3.58. The van der Waals surface area contributed by atoms with E-state index in [-0.39, 0.29) is 40.9 Å². The number of nitrogens with zero attached hydrogens (tertiary/aromatic N) is 2. The van der Waals surface area contributed by atoms with E-state index in [1.165, 1.54) is 30.3 Å². The maximum Gasteiger partial charge on any atom is 0.254 e. The van der Waals surface area contributed by atoms with Crippen molar-refractivity contribution in [2.75, 3.05) is 56.5 Å². The van der Waals surface area contributed by atoms with Crippen molar-refractivity contribution < 1.29 is 29.3 Å². The van der Waals surface area contributed by atoms with Crippen molar-refractivity contribution >= 4 is 17.3 Å². The van der Waals surface area contributed by atoms with Gasteiger partial charge in [-0.15, -0.1) is 0 Å². The predicted molar refractivity (Wildman–Crippen MR) is 156 cm³/mol. The number of ether oxygens (including phenoxy) is 1. The molecule has 0 bridgehead atoms. The molecular weight excluding hydrogens is 526 g/mol. The van der Waals surface area contributed by atoms with E-state index in [0.717, 1.165) is 26.0 Å². The molecule has 6 rings (SSSR count). The third-order valence-corrected chi connectivity index (χ3v) is 8.34. The fourth-order valence-corrected chi connectivity index (χ4v) is 6.24. The number of carbonyl (C=O) groups excluding carboxylic acids is 1. The smallest absolute Gasteiger partial charge is 0.254 e. The third-order valence-electron chi connectivity index (χ3n) is 8.34. The molecule has 4 N–H and O–H groups in total. The zero-order chi connectivity index (χ0) is 35.5. The number of amides is 1. The van der Waals surface area contributed by atoms with Crippen LogP contribution in [0.4, 0.5) is 20.2 Å². The van der Waals surface area contributed by atoms with E-state index in [9.17, 15) is 13.6 Å². The Morgan fingerprint density at radius 1 is 1.02 bits per heavy atom. The minimum absolute atomic E-state index is 0.0263. The monoisotopic (exact) mass is 576 g/mol. The summed E-state index contributed by atoms with van der Waals surface area (Å²) in [6, 6.07) is 7.56. The molecule has 0 radical (unpaired) electrons. The molecule has 4 aliphatic rings. The van der Waals surface area contributed by atoms with E-state index in [0.29, 0.717) is 54.3 Å². The van der Waals surface area contributed by atoms with Gasteiger partial charge in [0.05, 0.1) is 17.2 Å². The minimum Gasteiger partial charge on any atom is -0.381 e. The second-order valence-corrected chi connectivity index (χ2v) is 11.3. The number of benzene rings is 2. The Bertz CT molecular complexity index is 1520. The van der Waals surface area contributed by atoms with Crippen LogP contribution in [0.2, 0.25) is 0 Å². The van der Waals surface area contributed by atoms with Crippen LogP contribution in [0.25, 0.3) is 0 Å². The van der Waals surface area contributed by atoms with Gasteiger partial charge in [0, 0.05) is 80.1 Å². The Balaban J connectivity index is 1.27. The van der Waals surface area contributed by atoms with Gasteiger partial charge >= 0.3 is 0 Å². The maximum absolute atomic E-state index is 14.0. The highest BCUT2D eigenvalue weighted by Crippen LogP contribution is 2.36. The minimum atomic E-state index is -3.03. The Kier molecular flexibility index (Phi) is 6.20. The van der Waals surface area contributed by atoms with E-state index in [4.69, 9.17) is 15.7 Å². The number of fused-ring (bicyclic) bond motifs is 1. The van der Waals surface area contributed by atoms with Gasteiger partial charge in [-0.25, -0.2) is 14.2 Å². The molecule has 0 spiro atoms. The van der Waals surface area contributed by atoms with E-state index in [1.807, 2.05) is 0 Å². The van der Waals surface area contributed by atoms with Crippen LogP contribution in [0, 0.1) is 23.5 Å². The lowest BCUT2D eigenvalue weighted by molar-refractivity contribution is 0.0900. The number of hydrogen-bond donors (Lipinski definition) is 4. The number of likely N-dealkylation sites (N-methyl/N-ethyl adjacent to an activating group) is 1. The Morgan fingerprint density at radius 3 is 2.54 bits per heavy atom. The number of piperazine rings is 1. The molecule has 2 aromatic carbocycles. The third kappa shape index (κ3) is 6.83. The van der Waals surface area contributed by atoms with Crippen molar-refractivity contribution in [2.45, 2.75) is 56.8 Å². The van der Waals surface area contributed by atoms with Crippen molar-refractivity contribution in [1.29, 1.82) is 0 Å². The molecule has 3 saturated heterocycles. The summed E-state index contributed by atoms with van der Waals surface area (Å²) in [5, 5.41) is 6.38. The fourth-order valence-electron chi connectivity index (χ4n) is 6.24. The van der Waals surface area contributed by atoms with Crippen LogP contribution in [-0.2, 0) is 11.2 Å². The molecule has 1 aliphatic carbocycles. The van der Waals surface area contributed by atoms with E-state index in [1.54, 1.807) is 0 Å². The summed E-state index contributed by atoms with van der Waals surface area (Å²) in [6.45, 7) is -11.0. The van der Waals surface area contributed by atoms with Crippen molar-refractivity contribution in [3.05, 3.63) is 59.2 Å². The lowest BCUT2D eigenvalue weighted by Gasteiger charge is -2.35. The predicted octanol–water partition coefficient (Wildman–Crippen LogP) is 3.50. The average Bonchev–Trinajstić information content (AvgIpc) is 3.41. The average molecular weight is 577 g/mol. The van der Waals surface area contributed by atoms with Crippen molar-refractivity contribution in [3.63, 3.8) is 0 Å². The standard InChI is InChI=1S/C31H42F2N6O2/c1-38-8-10-39(11-9-38)25-3-4-26(29(19-25)34-24-6-12-41-13-7-24)31(40)35-30-27-17-20(2-5-28(27)36-37-30)14-21-15-22(32)18-23(33)16-21/h3-4,15-16,18-20,24,27-28,30,34,36-37H,2,5-14,17H2,1H3,(H,35,40)/i8D2,9D2,10D2,11D2. The highest BCUT2D eigenvalue weighted by molar-refractivity contribution is 6.00. The van der Waals surface area contributed by atoms with Crippen LogP contribution >= 0.6 is 0 Å². The van der Waals surface area contributed by atoms with Gasteiger partial charge in [-0.05, 0) is 87.4 Å². The molecule has 4 fully saturated rings. The van der Waals surface area contributed by atoms with Crippen molar-refractivity contribution in [2.24, 2.45) is 11.8 Å². The van der Waals surface area contributed by atoms with Gasteiger partial charge in [0.15, 0.2) is 0 Å². The first-order chi connectivity index (χ1) is 22.9. The zero-order valence-electron chi connectivity index (χ0n) is 31.0. The summed E-state index contributed by atoms with van der Waals surface area (Å²) >= 11 is 0. The van der Waals surface area contributed by atoms with Gasteiger partial charge in [-0.3, -0.25) is 10.2 Å². The summed E-state index contributed by atoms with van der Waals surface area (Å²) in [5.74, 6) is -1.59. The van der Waals surface area contributed by atoms with Crippen LogP contribution < -0.4 is 26.4 Å². The lowest BCUT2D eigenvalue weighted by Crippen LogP contribution is -2.47. The number of halogens is 2. The van der Waals surface area contributed by atoms with Gasteiger partial charge in [-0.2, -0.15) is 0 Å². The van der Waals surface area contributed by atoms with E-state index < -0.39 is 49.7 Å². The van der Waals surface area contributed by atoms with Gasteiger partial charge in [0.1, 0.15) is 11.6 Å². The Hall–Kier alpha value is -2.79. The summed E-state index contributed by atoms with van der Waals surface area (Å²) < 4.78 is 102. The summed E-state index contributed by atoms with van der Waals surface area (Å²) in [7, 11) is 1.00. The van der Waals surface area contributed by atoms with Crippen LogP contribution in [0.5, 0.6) is 0 Å². The molecule has 8 nitrogen and oxygen atoms in total. The number of rotatable bonds is 7. The van der Waals surface area contributed by atoms with E-state index >= 15 is 0 Å². The molecule has 41 heavy (non-hydrogen) atoms. The second-order valence-electron chi connectivity index (χ2n) is 11.3. The molecule has 0 aromatic heterocycles. The molecule has 3 aliphatic heterocycles. The van der Waals surface area contributed by atoms with Crippen molar-refractivity contribution in [1.82, 2.24) is 21.1 Å². The SMILES string of the molecule is [2H]C1([2H])N(C)C([2H])([2H])C([2H])([2H])N(c2ccc(C(=O)NC3NNC4CCC(Cc5cc(F)cc(F)c5)CC43)c(NC3CCOCC3)c2)C1([2H])[2H]. The van der Waals surface area contributed by atoms with Gasteiger partial charge in [0.2, 0.25) is 0 Å². The molecule has 1 saturated carbocycles. The summed E-state index contributed by atoms with van der Waals surface area (Å²) in [5.41, 5.74) is 7.31. The number of nitrogens with one attached hydrogen (secondary N) is 4. The Morgan fingerprint density at radius 2 is 1.78 bits per heavy atom. The molecule has 4 atom stereocenters. The van der Waals surface area contributed by atoms with Crippen molar-refractivity contribution in [3.8, 4) is 0 Å². The van der Waals surface area contributed by atoms with Crippen LogP contribution in [0.3, 0.4) is 0 Å². The van der Waals surface area contributed by atoms with Crippen LogP contribution in [0.1, 0.15) is 59.0 Å². The molecule has 222 valence electrons. The quantitative estimate of drug-likeness (QED) is 0.402. The topological polar surface area (TPSA) is 80.9 Å². The molecule has 10 heteroatoms. The number of carbonyl (C=O) groups is 1. The highest BCUT2D eigenvalue weighted by Gasteiger charge is 2.41. The first-order valence-electron chi connectivity index (χ1n) is 18.2. The normalized spacial score (nSPS) is 35.2. The van der Waals surface area contributed by atoms with Crippen LogP contribution in [0.15, 0.2) is 36.4 Å². The first kappa shape index (κ1) is 20.2. The van der Waals surface area contributed by atoms with E-state index in [2.05, 4.69) is 21.5 Å². The zero-order valence-corrected chi connectivity index (χ0v) is 23.0. The summed E-state index contributed by atoms with van der Waals surface area (Å²) in [4.78, 5) is 14.9. The number of hydrazine groups is 1. The maximum atomic E-state index is 14.0. The highest BCUT2D eigenvalue weighted by atomic mass is 19.1. The van der Waals surface area contributed by atoms with Crippen LogP contribution in [-0.4, -0.2) is 75.3 Å². The molecule has 2 aromatic rings. The van der Waals surface area contributed by atoms with Gasteiger partial charge in [-0.1, -0.05) is 0 Å².